The van der Waals surface area contributed by atoms with Gasteiger partial charge >= 0.3 is 0 Å². The third kappa shape index (κ3) is 5.14. The van der Waals surface area contributed by atoms with Crippen molar-refractivity contribution in [2.45, 2.75) is 36.0 Å². The lowest BCUT2D eigenvalue weighted by Crippen LogP contribution is -2.29. The zero-order chi connectivity index (χ0) is 29.1. The monoisotopic (exact) mass is 571 g/mol. The second-order valence-electron chi connectivity index (χ2n) is 9.37. The molecule has 1 N–H and O–H groups in total. The highest BCUT2D eigenvalue weighted by Gasteiger charge is 2.31. The van der Waals surface area contributed by atoms with E-state index in [0.29, 0.717) is 12.8 Å². The maximum absolute atomic E-state index is 14.0. The Labute approximate surface area is 237 Å². The van der Waals surface area contributed by atoms with Gasteiger partial charge in [-0.15, -0.1) is 0 Å². The first-order valence-corrected chi connectivity index (χ1v) is 14.5. The maximum Gasteiger partial charge on any atom is 0.281 e. The minimum Gasteiger partial charge on any atom is -0.494 e. The molecule has 5 aromatic rings. The second kappa shape index (κ2) is 11.4. The molecule has 0 spiro atoms. The number of hydrogen-bond acceptors (Lipinski definition) is 8. The first kappa shape index (κ1) is 27.9. The zero-order valence-corrected chi connectivity index (χ0v) is 23.7. The Hall–Kier alpha value is -4.70. The van der Waals surface area contributed by atoms with Gasteiger partial charge in [-0.3, -0.25) is 14.3 Å². The molecule has 9 nitrogen and oxygen atoms in total. The molecule has 0 aliphatic rings. The van der Waals surface area contributed by atoms with E-state index in [-0.39, 0.29) is 27.9 Å². The van der Waals surface area contributed by atoms with Crippen molar-refractivity contribution in [2.24, 2.45) is 0 Å². The van der Waals surface area contributed by atoms with Crippen LogP contribution in [0.3, 0.4) is 0 Å². The highest BCUT2D eigenvalue weighted by Crippen LogP contribution is 2.34. The molecule has 0 radical (unpaired) electrons. The van der Waals surface area contributed by atoms with Crippen LogP contribution in [0.5, 0.6) is 17.4 Å². The lowest BCUT2D eigenvalue weighted by atomic mass is 10.0. The number of aromatic nitrogens is 3. The van der Waals surface area contributed by atoms with Crippen LogP contribution in [-0.4, -0.2) is 42.3 Å². The third-order valence-corrected chi connectivity index (χ3v) is 8.63. The lowest BCUT2D eigenvalue weighted by molar-refractivity contribution is 0.386. The van der Waals surface area contributed by atoms with E-state index in [1.54, 1.807) is 36.5 Å². The normalized spacial score (nSPS) is 11.5. The summed E-state index contributed by atoms with van der Waals surface area (Å²) in [6.45, 7) is 1.98. The van der Waals surface area contributed by atoms with E-state index in [1.807, 2.05) is 37.3 Å². The molecular formula is C31H29N3O6S. The molecule has 2 heterocycles. The van der Waals surface area contributed by atoms with Crippen LogP contribution in [-0.2, 0) is 16.3 Å². The number of aryl methyl sites for hydroxylation is 1. The number of benzene rings is 3. The Morgan fingerprint density at radius 3 is 2.24 bits per heavy atom. The van der Waals surface area contributed by atoms with Crippen LogP contribution in [0.4, 0.5) is 0 Å². The predicted octanol–water partition coefficient (Wildman–Crippen LogP) is 5.35. The van der Waals surface area contributed by atoms with Crippen LogP contribution in [0.25, 0.3) is 27.7 Å². The summed E-state index contributed by atoms with van der Waals surface area (Å²) < 4.78 is 39.8. The van der Waals surface area contributed by atoms with Crippen molar-refractivity contribution in [1.29, 1.82) is 0 Å². The number of ether oxygens (including phenoxy) is 2. The SMILES string of the molecule is CCCCc1nc(O)c(S(=O)(=O)c2ccc(-c3ccc4ncccc4c3)cc2)c(=O)n1-c1c(OC)cccc1OC. The van der Waals surface area contributed by atoms with Gasteiger partial charge in [0.1, 0.15) is 23.0 Å². The topological polar surface area (TPSA) is 121 Å². The Balaban J connectivity index is 1.65. The minimum atomic E-state index is -4.48. The van der Waals surface area contributed by atoms with Gasteiger partial charge in [0.2, 0.25) is 15.7 Å². The van der Waals surface area contributed by atoms with E-state index >= 15 is 0 Å². The largest absolute Gasteiger partial charge is 0.494 e. The van der Waals surface area contributed by atoms with Crippen LogP contribution in [0.2, 0.25) is 0 Å². The molecule has 41 heavy (non-hydrogen) atoms. The maximum atomic E-state index is 14.0. The van der Waals surface area contributed by atoms with Crippen LogP contribution in [0.1, 0.15) is 25.6 Å². The fourth-order valence-electron chi connectivity index (χ4n) is 4.76. The number of pyridine rings is 1. The van der Waals surface area contributed by atoms with E-state index in [0.717, 1.165) is 33.0 Å². The highest BCUT2D eigenvalue weighted by atomic mass is 32.2. The summed E-state index contributed by atoms with van der Waals surface area (Å²) >= 11 is 0. The lowest BCUT2D eigenvalue weighted by Gasteiger charge is -2.19. The first-order valence-electron chi connectivity index (χ1n) is 13.1. The van der Waals surface area contributed by atoms with Crippen molar-refractivity contribution >= 4 is 20.7 Å². The average molecular weight is 572 g/mol. The molecule has 0 unspecified atom stereocenters. The molecule has 0 atom stereocenters. The van der Waals surface area contributed by atoms with Crippen molar-refractivity contribution in [1.82, 2.24) is 14.5 Å². The molecule has 0 saturated heterocycles. The number of rotatable bonds is 9. The van der Waals surface area contributed by atoms with E-state index in [9.17, 15) is 18.3 Å². The molecule has 0 fully saturated rings. The molecular weight excluding hydrogens is 542 g/mol. The molecule has 10 heteroatoms. The fourth-order valence-corrected chi connectivity index (χ4v) is 6.09. The molecule has 5 rings (SSSR count). The summed E-state index contributed by atoms with van der Waals surface area (Å²) in [5.74, 6) is -0.0838. The number of unbranched alkanes of at least 4 members (excludes halogenated alkanes) is 1. The smallest absolute Gasteiger partial charge is 0.281 e. The molecule has 210 valence electrons. The van der Waals surface area contributed by atoms with Crippen LogP contribution < -0.4 is 15.0 Å². The summed E-state index contributed by atoms with van der Waals surface area (Å²) in [6, 6.07) is 20.7. The number of sulfone groups is 1. The minimum absolute atomic E-state index is 0.155. The number of methoxy groups -OCH3 is 2. The van der Waals surface area contributed by atoms with Gasteiger partial charge in [0, 0.05) is 18.0 Å². The molecule has 0 saturated carbocycles. The number of hydrogen-bond donors (Lipinski definition) is 1. The van der Waals surface area contributed by atoms with Gasteiger partial charge in [-0.1, -0.05) is 43.7 Å². The number of fused-ring (bicyclic) bond motifs is 1. The molecule has 3 aromatic carbocycles. The Kier molecular flexibility index (Phi) is 7.76. The molecule has 0 amide bonds. The van der Waals surface area contributed by atoms with Crippen molar-refractivity contribution in [3.63, 3.8) is 0 Å². The quantitative estimate of drug-likeness (QED) is 0.252. The molecule has 0 aliphatic carbocycles. The fraction of sp³-hybridized carbons (Fsp3) is 0.194. The van der Waals surface area contributed by atoms with Gasteiger partial charge in [-0.2, -0.15) is 4.98 Å². The molecule has 2 aromatic heterocycles. The number of para-hydroxylation sites is 1. The predicted molar refractivity (Wildman–Crippen MR) is 156 cm³/mol. The Morgan fingerprint density at radius 2 is 1.59 bits per heavy atom. The first-order chi connectivity index (χ1) is 19.8. The number of aromatic hydroxyl groups is 1. The Morgan fingerprint density at radius 1 is 0.902 bits per heavy atom. The summed E-state index contributed by atoms with van der Waals surface area (Å²) in [5.41, 5.74) is 1.77. The molecule has 0 bridgehead atoms. The van der Waals surface area contributed by atoms with Crippen LogP contribution in [0.15, 0.2) is 93.6 Å². The summed E-state index contributed by atoms with van der Waals surface area (Å²) in [4.78, 5) is 21.6. The van der Waals surface area contributed by atoms with Gasteiger partial charge < -0.3 is 14.6 Å². The third-order valence-electron chi connectivity index (χ3n) is 6.84. The van der Waals surface area contributed by atoms with Gasteiger partial charge in [0.25, 0.3) is 5.56 Å². The van der Waals surface area contributed by atoms with E-state index in [4.69, 9.17) is 9.47 Å². The molecule has 0 aliphatic heterocycles. The van der Waals surface area contributed by atoms with Gasteiger partial charge in [-0.05, 0) is 60.0 Å². The van der Waals surface area contributed by atoms with Crippen molar-refractivity contribution in [2.75, 3.05) is 14.2 Å². The zero-order valence-electron chi connectivity index (χ0n) is 22.9. The van der Waals surface area contributed by atoms with Crippen molar-refractivity contribution in [3.05, 3.63) is 95.2 Å². The average Bonchev–Trinajstić information content (AvgIpc) is 2.99. The second-order valence-corrected chi connectivity index (χ2v) is 11.3. The summed E-state index contributed by atoms with van der Waals surface area (Å²) in [6.07, 6.45) is 3.48. The van der Waals surface area contributed by atoms with Gasteiger partial charge in [-0.25, -0.2) is 8.42 Å². The Bertz CT molecular complexity index is 1880. The standard InChI is InChI=1S/C31H29N3O6S/c1-4-5-11-27-33-30(35)29(31(36)34(27)28-25(39-2)9-6-10-26(28)40-3)41(37,38)23-15-12-20(13-16-23)21-14-17-24-22(19-21)8-7-18-32-24/h6-10,12-19,35H,4-5,11H2,1-3H3. The summed E-state index contributed by atoms with van der Waals surface area (Å²) in [7, 11) is -1.60. The van der Waals surface area contributed by atoms with Crippen LogP contribution in [0, 0.1) is 0 Å². The van der Waals surface area contributed by atoms with Crippen LogP contribution >= 0.6 is 0 Å². The number of nitrogens with zero attached hydrogens (tertiary/aromatic N) is 3. The van der Waals surface area contributed by atoms with Gasteiger partial charge in [0.05, 0.1) is 24.6 Å². The summed E-state index contributed by atoms with van der Waals surface area (Å²) in [5, 5.41) is 11.8. The van der Waals surface area contributed by atoms with Gasteiger partial charge in [0.15, 0.2) is 4.90 Å². The van der Waals surface area contributed by atoms with Crippen molar-refractivity contribution < 1.29 is 23.0 Å². The van der Waals surface area contributed by atoms with E-state index in [1.165, 1.54) is 26.4 Å². The van der Waals surface area contributed by atoms with E-state index < -0.39 is 26.2 Å². The highest BCUT2D eigenvalue weighted by molar-refractivity contribution is 7.91. The van der Waals surface area contributed by atoms with E-state index in [2.05, 4.69) is 9.97 Å². The van der Waals surface area contributed by atoms with Crippen molar-refractivity contribution in [3.8, 4) is 34.2 Å².